The van der Waals surface area contributed by atoms with E-state index in [2.05, 4.69) is 22.4 Å². The number of hydrogen-bond acceptors (Lipinski definition) is 4. The zero-order chi connectivity index (χ0) is 19.1. The van der Waals surface area contributed by atoms with Gasteiger partial charge >= 0.3 is 0 Å². The summed E-state index contributed by atoms with van der Waals surface area (Å²) >= 11 is 1.72. The van der Waals surface area contributed by atoms with Crippen molar-refractivity contribution in [3.63, 3.8) is 0 Å². The summed E-state index contributed by atoms with van der Waals surface area (Å²) in [5.41, 5.74) is 7.76. The third-order valence-corrected chi connectivity index (χ3v) is 8.16. The van der Waals surface area contributed by atoms with Gasteiger partial charge in [0.15, 0.2) is 0 Å². The van der Waals surface area contributed by atoms with Crippen molar-refractivity contribution in [3.8, 4) is 0 Å². The summed E-state index contributed by atoms with van der Waals surface area (Å²) in [6.07, 6.45) is 10.5. The molecule has 0 atom stereocenters. The molecule has 4 fully saturated rings. The SMILES string of the molecule is NCCSc1ccc(NC(=O)CC23CC4CC(CC(C4)C2)C3)c2cccnc12. The highest BCUT2D eigenvalue weighted by atomic mass is 32.2. The minimum Gasteiger partial charge on any atom is -0.330 e. The van der Waals surface area contributed by atoms with Gasteiger partial charge in [-0.25, -0.2) is 0 Å². The minimum absolute atomic E-state index is 0.175. The van der Waals surface area contributed by atoms with E-state index in [1.54, 1.807) is 11.8 Å². The molecule has 4 nitrogen and oxygen atoms in total. The number of fused-ring (bicyclic) bond motifs is 1. The molecule has 4 aliphatic carbocycles. The van der Waals surface area contributed by atoms with Crippen LogP contribution < -0.4 is 11.1 Å². The van der Waals surface area contributed by atoms with Crippen molar-refractivity contribution in [3.05, 3.63) is 30.5 Å². The van der Waals surface area contributed by atoms with Gasteiger partial charge in [0.2, 0.25) is 5.91 Å². The molecule has 0 unspecified atom stereocenters. The lowest BCUT2D eigenvalue weighted by molar-refractivity contribution is -0.124. The quantitative estimate of drug-likeness (QED) is 0.688. The molecule has 148 valence electrons. The lowest BCUT2D eigenvalue weighted by Gasteiger charge is -2.56. The Bertz CT molecular complexity index is 861. The molecule has 0 saturated heterocycles. The molecular weight excluding hydrogens is 366 g/mol. The molecule has 0 spiro atoms. The molecule has 1 heterocycles. The van der Waals surface area contributed by atoms with Crippen LogP contribution in [0.1, 0.15) is 44.9 Å². The number of hydrogen-bond donors (Lipinski definition) is 2. The lowest BCUT2D eigenvalue weighted by atomic mass is 9.49. The second kappa shape index (κ2) is 7.34. The van der Waals surface area contributed by atoms with Gasteiger partial charge in [-0.05, 0) is 86.0 Å². The smallest absolute Gasteiger partial charge is 0.224 e. The number of amides is 1. The number of pyridine rings is 1. The van der Waals surface area contributed by atoms with Crippen molar-refractivity contribution < 1.29 is 4.79 Å². The van der Waals surface area contributed by atoms with Crippen molar-refractivity contribution in [2.24, 2.45) is 28.9 Å². The molecule has 28 heavy (non-hydrogen) atoms. The van der Waals surface area contributed by atoms with E-state index in [0.29, 0.717) is 13.0 Å². The summed E-state index contributed by atoms with van der Waals surface area (Å²) in [5, 5.41) is 4.25. The molecule has 5 heteroatoms. The number of nitrogens with two attached hydrogens (primary N) is 1. The summed E-state index contributed by atoms with van der Waals surface area (Å²) in [7, 11) is 0. The first-order valence-corrected chi connectivity index (χ1v) is 11.6. The molecule has 4 bridgehead atoms. The Labute approximate surface area is 171 Å². The fraction of sp³-hybridized carbons (Fsp3) is 0.565. The van der Waals surface area contributed by atoms with Gasteiger partial charge in [-0.15, -0.1) is 11.8 Å². The first kappa shape index (κ1) is 18.4. The van der Waals surface area contributed by atoms with E-state index in [1.807, 2.05) is 18.3 Å². The molecule has 4 aliphatic rings. The van der Waals surface area contributed by atoms with E-state index in [1.165, 1.54) is 38.5 Å². The highest BCUT2D eigenvalue weighted by Gasteiger charge is 2.51. The van der Waals surface area contributed by atoms with E-state index in [4.69, 9.17) is 5.73 Å². The van der Waals surface area contributed by atoms with Crippen LogP contribution in [0.2, 0.25) is 0 Å². The summed E-state index contributed by atoms with van der Waals surface area (Å²) < 4.78 is 0. The highest BCUT2D eigenvalue weighted by molar-refractivity contribution is 7.99. The number of aromatic nitrogens is 1. The summed E-state index contributed by atoms with van der Waals surface area (Å²) in [4.78, 5) is 18.7. The average molecular weight is 396 g/mol. The topological polar surface area (TPSA) is 68.0 Å². The molecular formula is C23H29N3OS. The number of thioether (sulfide) groups is 1. The fourth-order valence-electron chi connectivity index (χ4n) is 6.58. The van der Waals surface area contributed by atoms with Crippen molar-refractivity contribution in [2.45, 2.75) is 49.8 Å². The van der Waals surface area contributed by atoms with Crippen LogP contribution >= 0.6 is 11.8 Å². The van der Waals surface area contributed by atoms with Gasteiger partial charge in [0.25, 0.3) is 0 Å². The van der Waals surface area contributed by atoms with E-state index < -0.39 is 0 Å². The standard InChI is InChI=1S/C23H29N3OS/c24-5-7-28-20-4-3-19(18-2-1-6-25-22(18)20)26-21(27)14-23-11-15-8-16(12-23)10-17(9-15)13-23/h1-4,6,15-17H,5,7-14,24H2,(H,26,27). The molecule has 3 N–H and O–H groups in total. The van der Waals surface area contributed by atoms with Crippen LogP contribution in [0.5, 0.6) is 0 Å². The maximum atomic E-state index is 13.0. The van der Waals surface area contributed by atoms with E-state index in [-0.39, 0.29) is 11.3 Å². The van der Waals surface area contributed by atoms with Crippen LogP contribution in [0.25, 0.3) is 10.9 Å². The Balaban J connectivity index is 1.35. The number of carbonyl (C=O) groups excluding carboxylic acids is 1. The second-order valence-electron chi connectivity index (χ2n) is 9.29. The molecule has 2 aromatic rings. The van der Waals surface area contributed by atoms with Gasteiger partial charge in [-0.3, -0.25) is 9.78 Å². The van der Waals surface area contributed by atoms with E-state index in [9.17, 15) is 4.79 Å². The Morgan fingerprint density at radius 1 is 1.14 bits per heavy atom. The molecule has 4 saturated carbocycles. The van der Waals surface area contributed by atoms with Crippen LogP contribution in [0.3, 0.4) is 0 Å². The first-order valence-electron chi connectivity index (χ1n) is 10.6. The third kappa shape index (κ3) is 3.43. The Hall–Kier alpha value is -1.59. The van der Waals surface area contributed by atoms with Crippen molar-refractivity contribution in [2.75, 3.05) is 17.6 Å². The summed E-state index contributed by atoms with van der Waals surface area (Å²) in [6.45, 7) is 0.641. The Morgan fingerprint density at radius 3 is 2.54 bits per heavy atom. The number of nitrogens with zero attached hydrogens (tertiary/aromatic N) is 1. The van der Waals surface area contributed by atoms with Gasteiger partial charge < -0.3 is 11.1 Å². The van der Waals surface area contributed by atoms with Crippen molar-refractivity contribution in [1.29, 1.82) is 0 Å². The maximum Gasteiger partial charge on any atom is 0.224 e. The maximum absolute atomic E-state index is 13.0. The van der Waals surface area contributed by atoms with Crippen molar-refractivity contribution in [1.82, 2.24) is 4.98 Å². The zero-order valence-electron chi connectivity index (χ0n) is 16.3. The predicted molar refractivity (Wildman–Crippen MR) is 115 cm³/mol. The first-order chi connectivity index (χ1) is 13.6. The fourth-order valence-corrected chi connectivity index (χ4v) is 7.38. The van der Waals surface area contributed by atoms with Crippen LogP contribution in [0.4, 0.5) is 5.69 Å². The van der Waals surface area contributed by atoms with Crippen LogP contribution in [-0.4, -0.2) is 23.2 Å². The Morgan fingerprint density at radius 2 is 1.86 bits per heavy atom. The molecule has 1 aromatic carbocycles. The number of nitrogens with one attached hydrogen (secondary N) is 1. The van der Waals surface area contributed by atoms with Crippen LogP contribution in [-0.2, 0) is 4.79 Å². The summed E-state index contributed by atoms with van der Waals surface area (Å²) in [5.74, 6) is 3.67. The van der Waals surface area contributed by atoms with Crippen molar-refractivity contribution >= 4 is 34.3 Å². The van der Waals surface area contributed by atoms with E-state index in [0.717, 1.165) is 45.0 Å². The molecule has 6 rings (SSSR count). The number of benzene rings is 1. The number of anilines is 1. The monoisotopic (exact) mass is 395 g/mol. The highest BCUT2D eigenvalue weighted by Crippen LogP contribution is 2.61. The third-order valence-electron chi connectivity index (χ3n) is 7.08. The van der Waals surface area contributed by atoms with Gasteiger partial charge in [-0.2, -0.15) is 0 Å². The second-order valence-corrected chi connectivity index (χ2v) is 10.4. The summed E-state index contributed by atoms with van der Waals surface area (Å²) in [6, 6.07) is 8.08. The van der Waals surface area contributed by atoms with Gasteiger partial charge in [0.05, 0.1) is 11.2 Å². The largest absolute Gasteiger partial charge is 0.330 e. The molecule has 1 aromatic heterocycles. The zero-order valence-corrected chi connectivity index (χ0v) is 17.1. The van der Waals surface area contributed by atoms with E-state index >= 15 is 0 Å². The lowest BCUT2D eigenvalue weighted by Crippen LogP contribution is -2.47. The minimum atomic E-state index is 0.175. The normalized spacial score (nSPS) is 30.7. The van der Waals surface area contributed by atoms with Gasteiger partial charge in [0.1, 0.15) is 0 Å². The molecule has 0 radical (unpaired) electrons. The predicted octanol–water partition coefficient (Wildman–Crippen LogP) is 4.83. The van der Waals surface area contributed by atoms with Crippen LogP contribution in [0.15, 0.2) is 35.4 Å². The van der Waals surface area contributed by atoms with Gasteiger partial charge in [0, 0.05) is 35.2 Å². The number of rotatable bonds is 6. The number of carbonyl (C=O) groups is 1. The Kier molecular flexibility index (Phi) is 4.84. The van der Waals surface area contributed by atoms with Crippen LogP contribution in [0, 0.1) is 23.2 Å². The average Bonchev–Trinajstić information content (AvgIpc) is 2.66. The molecule has 1 amide bonds. The molecule has 0 aliphatic heterocycles. The van der Waals surface area contributed by atoms with Gasteiger partial charge in [-0.1, -0.05) is 0 Å².